The number of piperazine rings is 1. The summed E-state index contributed by atoms with van der Waals surface area (Å²) in [5, 5.41) is 15.8. The van der Waals surface area contributed by atoms with Gasteiger partial charge in [-0.25, -0.2) is 4.98 Å². The number of nitrogens with zero attached hydrogens (tertiary/aromatic N) is 4. The Morgan fingerprint density at radius 1 is 1.03 bits per heavy atom. The number of aliphatic hydroxyl groups excluding tert-OH is 1. The lowest BCUT2D eigenvalue weighted by Gasteiger charge is -2.35. The van der Waals surface area contributed by atoms with Gasteiger partial charge in [0.05, 0.1) is 20.9 Å². The number of aliphatic hydroxyl groups is 1. The zero-order valence-corrected chi connectivity index (χ0v) is 20.4. The van der Waals surface area contributed by atoms with Crippen LogP contribution in [0.2, 0.25) is 0 Å². The average Bonchev–Trinajstić information content (AvgIpc) is 3.44. The summed E-state index contributed by atoms with van der Waals surface area (Å²) in [5.74, 6) is 1.56. The molecule has 0 aliphatic carbocycles. The third-order valence-corrected chi connectivity index (χ3v) is 7.07. The highest BCUT2D eigenvalue weighted by Crippen LogP contribution is 2.26. The maximum atomic E-state index is 10.5. The molecule has 2 aromatic carbocycles. The van der Waals surface area contributed by atoms with Gasteiger partial charge in [0, 0.05) is 57.0 Å². The van der Waals surface area contributed by atoms with Crippen molar-refractivity contribution >= 4 is 21.6 Å². The van der Waals surface area contributed by atoms with Crippen LogP contribution in [0.1, 0.15) is 16.3 Å². The van der Waals surface area contributed by atoms with Crippen molar-refractivity contribution in [2.45, 2.75) is 26.5 Å². The Labute approximate surface area is 203 Å². The predicted molar refractivity (Wildman–Crippen MR) is 134 cm³/mol. The van der Waals surface area contributed by atoms with Crippen molar-refractivity contribution in [3.8, 4) is 17.1 Å². The van der Waals surface area contributed by atoms with E-state index in [4.69, 9.17) is 9.26 Å². The number of β-amino-alcohol motifs (C(OH)–C–C–N with tert-alkyl or cyclic N) is 1. The third-order valence-electron chi connectivity index (χ3n) is 6.12. The first-order valence-corrected chi connectivity index (χ1v) is 12.5. The molecule has 1 N–H and O–H groups in total. The lowest BCUT2D eigenvalue weighted by atomic mass is 10.1. The molecule has 178 valence electrons. The van der Waals surface area contributed by atoms with Crippen LogP contribution >= 0.6 is 11.3 Å². The Balaban J connectivity index is 1.05. The zero-order valence-electron chi connectivity index (χ0n) is 19.6. The van der Waals surface area contributed by atoms with Gasteiger partial charge in [0.25, 0.3) is 0 Å². The molecule has 3 heterocycles. The first-order chi connectivity index (χ1) is 16.5. The van der Waals surface area contributed by atoms with Gasteiger partial charge in [0.15, 0.2) is 5.76 Å². The number of hydrogen-bond donors (Lipinski definition) is 1. The van der Waals surface area contributed by atoms with E-state index in [1.54, 1.807) is 11.3 Å². The van der Waals surface area contributed by atoms with Gasteiger partial charge >= 0.3 is 0 Å². The number of benzene rings is 2. The Bertz CT molecular complexity index is 1230. The molecule has 0 saturated carbocycles. The van der Waals surface area contributed by atoms with Crippen LogP contribution in [0.3, 0.4) is 0 Å². The number of aryl methyl sites for hydroxylation is 2. The fraction of sp³-hybridized carbons (Fsp3) is 0.385. The Hall–Kier alpha value is -2.78. The van der Waals surface area contributed by atoms with Crippen LogP contribution in [0, 0.1) is 13.8 Å². The minimum absolute atomic E-state index is 0.273. The number of ether oxygens (including phenoxy) is 1. The van der Waals surface area contributed by atoms with Crippen LogP contribution in [0.25, 0.3) is 21.5 Å². The van der Waals surface area contributed by atoms with Crippen LogP contribution in [0.5, 0.6) is 5.75 Å². The van der Waals surface area contributed by atoms with E-state index in [1.807, 2.05) is 31.2 Å². The number of fused-ring (bicyclic) bond motifs is 1. The monoisotopic (exact) mass is 478 g/mol. The molecular weight excluding hydrogens is 448 g/mol. The highest BCUT2D eigenvalue weighted by Gasteiger charge is 2.21. The fourth-order valence-electron chi connectivity index (χ4n) is 4.25. The first kappa shape index (κ1) is 23.0. The summed E-state index contributed by atoms with van der Waals surface area (Å²) in [7, 11) is 0. The van der Waals surface area contributed by atoms with E-state index >= 15 is 0 Å². The van der Waals surface area contributed by atoms with Gasteiger partial charge in [-0.15, -0.1) is 11.3 Å². The number of aromatic nitrogens is 2. The molecule has 1 aliphatic rings. The van der Waals surface area contributed by atoms with Crippen molar-refractivity contribution in [1.82, 2.24) is 19.9 Å². The molecule has 1 aliphatic heterocycles. The van der Waals surface area contributed by atoms with E-state index < -0.39 is 6.10 Å². The van der Waals surface area contributed by atoms with Crippen molar-refractivity contribution < 1.29 is 14.4 Å². The SMILES string of the molecule is Cc1ccc(-c2cc(CN3CCN(C[C@H](O)COc4ccc5sc(C)nc5c4)CC3)no2)cc1. The maximum absolute atomic E-state index is 10.5. The molecular formula is C26H30N4O3S. The molecule has 0 radical (unpaired) electrons. The van der Waals surface area contributed by atoms with E-state index in [0.29, 0.717) is 6.54 Å². The van der Waals surface area contributed by atoms with Crippen molar-refractivity contribution in [2.75, 3.05) is 39.3 Å². The smallest absolute Gasteiger partial charge is 0.167 e. The summed E-state index contributed by atoms with van der Waals surface area (Å²) in [6.45, 7) is 9.40. The summed E-state index contributed by atoms with van der Waals surface area (Å²) in [6, 6.07) is 16.2. The van der Waals surface area contributed by atoms with E-state index in [2.05, 4.69) is 51.1 Å². The van der Waals surface area contributed by atoms with Gasteiger partial charge < -0.3 is 14.4 Å². The second-order valence-electron chi connectivity index (χ2n) is 8.95. The van der Waals surface area contributed by atoms with Crippen molar-refractivity contribution in [3.63, 3.8) is 0 Å². The molecule has 1 fully saturated rings. The standard InChI is InChI=1S/C26H30N4O3S/c1-18-3-5-20(6-4-18)25-13-21(28-33-25)15-29-9-11-30(12-10-29)16-22(31)17-32-23-7-8-26-24(14-23)27-19(2)34-26/h3-8,13-14,22,31H,9-12,15-17H2,1-2H3/t22-/m0/s1. The highest BCUT2D eigenvalue weighted by molar-refractivity contribution is 7.18. The number of hydrogen-bond acceptors (Lipinski definition) is 8. The molecule has 0 unspecified atom stereocenters. The quantitative estimate of drug-likeness (QED) is 0.408. The topological polar surface area (TPSA) is 74.9 Å². The molecule has 8 heteroatoms. The number of rotatable bonds is 8. The van der Waals surface area contributed by atoms with Gasteiger partial charge in [0.2, 0.25) is 0 Å². The second kappa shape index (κ2) is 10.2. The molecule has 2 aromatic heterocycles. The average molecular weight is 479 g/mol. The normalized spacial score (nSPS) is 16.2. The molecule has 4 aromatic rings. The largest absolute Gasteiger partial charge is 0.491 e. The zero-order chi connectivity index (χ0) is 23.5. The minimum atomic E-state index is -0.535. The first-order valence-electron chi connectivity index (χ1n) is 11.7. The van der Waals surface area contributed by atoms with Crippen molar-refractivity contribution in [1.29, 1.82) is 0 Å². The van der Waals surface area contributed by atoms with Crippen LogP contribution in [-0.4, -0.2) is 70.5 Å². The summed E-state index contributed by atoms with van der Waals surface area (Å²) in [4.78, 5) is 9.17. The summed E-state index contributed by atoms with van der Waals surface area (Å²) in [6.07, 6.45) is -0.535. The van der Waals surface area contributed by atoms with Gasteiger partial charge in [-0.05, 0) is 26.0 Å². The number of thiazole rings is 1. The van der Waals surface area contributed by atoms with Gasteiger partial charge in [0.1, 0.15) is 18.5 Å². The molecule has 1 saturated heterocycles. The van der Waals surface area contributed by atoms with Crippen LogP contribution in [-0.2, 0) is 6.54 Å². The lowest BCUT2D eigenvalue weighted by molar-refractivity contribution is 0.0442. The van der Waals surface area contributed by atoms with Crippen LogP contribution in [0.4, 0.5) is 0 Å². The second-order valence-corrected chi connectivity index (χ2v) is 10.2. The molecule has 34 heavy (non-hydrogen) atoms. The lowest BCUT2D eigenvalue weighted by Crippen LogP contribution is -2.48. The minimum Gasteiger partial charge on any atom is -0.491 e. The molecule has 5 rings (SSSR count). The Morgan fingerprint density at radius 2 is 1.79 bits per heavy atom. The molecule has 0 spiro atoms. The summed E-state index contributed by atoms with van der Waals surface area (Å²) >= 11 is 1.67. The molecule has 0 bridgehead atoms. The predicted octanol–water partition coefficient (Wildman–Crippen LogP) is 4.13. The van der Waals surface area contributed by atoms with E-state index in [9.17, 15) is 5.11 Å². The fourth-order valence-corrected chi connectivity index (χ4v) is 5.06. The van der Waals surface area contributed by atoms with E-state index in [0.717, 1.165) is 70.7 Å². The van der Waals surface area contributed by atoms with Gasteiger partial charge in [-0.3, -0.25) is 9.80 Å². The Kier molecular flexibility index (Phi) is 6.92. The van der Waals surface area contributed by atoms with E-state index in [-0.39, 0.29) is 6.61 Å². The van der Waals surface area contributed by atoms with Crippen LogP contribution in [0.15, 0.2) is 53.1 Å². The van der Waals surface area contributed by atoms with Crippen molar-refractivity contribution in [3.05, 3.63) is 64.8 Å². The maximum Gasteiger partial charge on any atom is 0.167 e. The van der Waals surface area contributed by atoms with Crippen molar-refractivity contribution in [2.24, 2.45) is 0 Å². The van der Waals surface area contributed by atoms with Crippen LogP contribution < -0.4 is 4.74 Å². The molecule has 0 amide bonds. The molecule has 1 atom stereocenters. The van der Waals surface area contributed by atoms with E-state index in [1.165, 1.54) is 5.56 Å². The summed E-state index contributed by atoms with van der Waals surface area (Å²) < 4.78 is 12.5. The Morgan fingerprint density at radius 3 is 2.59 bits per heavy atom. The third kappa shape index (κ3) is 5.64. The van der Waals surface area contributed by atoms with Gasteiger partial charge in [-0.2, -0.15) is 0 Å². The summed E-state index contributed by atoms with van der Waals surface area (Å²) in [5.41, 5.74) is 4.17. The van der Waals surface area contributed by atoms with Gasteiger partial charge in [-0.1, -0.05) is 35.0 Å². The highest BCUT2D eigenvalue weighted by atomic mass is 32.1. The molecule has 7 nitrogen and oxygen atoms in total.